The van der Waals surface area contributed by atoms with Gasteiger partial charge in [-0.05, 0) is 51.4 Å². The SMILES string of the molecule is CC=COCCCCCCC(CCCC(C)CCCC)C(OCCCC)(OCCCC)OCCCC. The lowest BCUT2D eigenvalue weighted by Crippen LogP contribution is -2.47. The molecule has 0 rings (SSSR count). The van der Waals surface area contributed by atoms with Crippen molar-refractivity contribution in [2.75, 3.05) is 26.4 Å². The van der Waals surface area contributed by atoms with Gasteiger partial charge in [0.1, 0.15) is 0 Å². The zero-order valence-electron chi connectivity index (χ0n) is 25.3. The van der Waals surface area contributed by atoms with Gasteiger partial charge >= 0.3 is 0 Å². The van der Waals surface area contributed by atoms with Crippen molar-refractivity contribution in [3.05, 3.63) is 12.3 Å². The molecule has 0 aromatic carbocycles. The summed E-state index contributed by atoms with van der Waals surface area (Å²) in [5.74, 6) is 0.183. The van der Waals surface area contributed by atoms with Crippen LogP contribution in [0.25, 0.3) is 0 Å². The molecule has 0 aliphatic rings. The summed E-state index contributed by atoms with van der Waals surface area (Å²) in [6, 6.07) is 0. The molecule has 0 aromatic rings. The lowest BCUT2D eigenvalue weighted by atomic mass is 9.89. The minimum absolute atomic E-state index is 0.278. The average molecular weight is 513 g/mol. The zero-order chi connectivity index (χ0) is 26.7. The molecule has 2 unspecified atom stereocenters. The number of rotatable bonds is 28. The number of ether oxygens (including phenoxy) is 4. The summed E-state index contributed by atoms with van der Waals surface area (Å²) in [7, 11) is 0. The molecule has 0 amide bonds. The van der Waals surface area contributed by atoms with Crippen LogP contribution < -0.4 is 0 Å². The molecule has 0 N–H and O–H groups in total. The predicted octanol–water partition coefficient (Wildman–Crippen LogP) is 10.2. The molecule has 0 aliphatic carbocycles. The topological polar surface area (TPSA) is 36.9 Å². The summed E-state index contributed by atoms with van der Waals surface area (Å²) in [5, 5.41) is 0. The lowest BCUT2D eigenvalue weighted by Gasteiger charge is -2.40. The van der Waals surface area contributed by atoms with E-state index in [0.29, 0.717) is 19.8 Å². The van der Waals surface area contributed by atoms with Gasteiger partial charge in [-0.3, -0.25) is 0 Å². The number of unbranched alkanes of at least 4 members (excludes halogenated alkanes) is 7. The van der Waals surface area contributed by atoms with Gasteiger partial charge in [-0.25, -0.2) is 0 Å². The van der Waals surface area contributed by atoms with E-state index in [1.807, 2.05) is 13.0 Å². The summed E-state index contributed by atoms with van der Waals surface area (Å²) < 4.78 is 25.3. The Morgan fingerprint density at radius 1 is 0.556 bits per heavy atom. The molecule has 4 heteroatoms. The highest BCUT2D eigenvalue weighted by Gasteiger charge is 2.42. The Hall–Kier alpha value is -0.580. The third kappa shape index (κ3) is 18.6. The molecular formula is C32H64O4. The maximum absolute atomic E-state index is 6.60. The summed E-state index contributed by atoms with van der Waals surface area (Å²) in [6.07, 6.45) is 23.7. The minimum atomic E-state index is -0.888. The summed E-state index contributed by atoms with van der Waals surface area (Å²) in [6.45, 7) is 16.3. The van der Waals surface area contributed by atoms with E-state index in [1.165, 1.54) is 51.4 Å². The molecule has 4 nitrogen and oxygen atoms in total. The van der Waals surface area contributed by atoms with Gasteiger partial charge in [0.2, 0.25) is 0 Å². The Labute approximate surface area is 226 Å². The summed E-state index contributed by atoms with van der Waals surface area (Å²) >= 11 is 0. The van der Waals surface area contributed by atoms with E-state index in [1.54, 1.807) is 6.26 Å². The zero-order valence-corrected chi connectivity index (χ0v) is 25.3. The second-order valence-electron chi connectivity index (χ2n) is 10.6. The van der Waals surface area contributed by atoms with Crippen molar-refractivity contribution in [2.45, 2.75) is 157 Å². The standard InChI is InChI=1S/C32H64O4/c1-7-12-21-30(6)22-20-24-31(23-18-16-17-19-26-33-25-11-5)32(34-27-13-8-2,35-28-14-9-3)36-29-15-10-4/h11,25,30-31H,7-10,12-24,26-29H2,1-6H3. The molecule has 2 atom stereocenters. The van der Waals surface area contributed by atoms with E-state index in [-0.39, 0.29) is 5.92 Å². The molecule has 0 aliphatic heterocycles. The molecule has 0 aromatic heterocycles. The normalized spacial score (nSPS) is 13.9. The van der Waals surface area contributed by atoms with Crippen molar-refractivity contribution >= 4 is 0 Å². The minimum Gasteiger partial charge on any atom is -0.502 e. The highest BCUT2D eigenvalue weighted by molar-refractivity contribution is 4.74. The van der Waals surface area contributed by atoms with Gasteiger partial charge < -0.3 is 18.9 Å². The first-order valence-electron chi connectivity index (χ1n) is 15.7. The van der Waals surface area contributed by atoms with Crippen molar-refractivity contribution in [2.24, 2.45) is 11.8 Å². The summed E-state index contributed by atoms with van der Waals surface area (Å²) in [5.41, 5.74) is 0. The predicted molar refractivity (Wildman–Crippen MR) is 155 cm³/mol. The van der Waals surface area contributed by atoms with Gasteiger partial charge in [-0.2, -0.15) is 0 Å². The average Bonchev–Trinajstić information content (AvgIpc) is 2.88. The van der Waals surface area contributed by atoms with Crippen molar-refractivity contribution in [1.29, 1.82) is 0 Å². The molecule has 0 saturated heterocycles. The Balaban J connectivity index is 5.35. The highest BCUT2D eigenvalue weighted by atomic mass is 16.9. The van der Waals surface area contributed by atoms with E-state index in [4.69, 9.17) is 18.9 Å². The van der Waals surface area contributed by atoms with Gasteiger partial charge in [-0.15, -0.1) is 0 Å². The van der Waals surface area contributed by atoms with Crippen LogP contribution in [0.4, 0.5) is 0 Å². The number of allylic oxidation sites excluding steroid dienone is 1. The molecular weight excluding hydrogens is 448 g/mol. The fourth-order valence-electron chi connectivity index (χ4n) is 4.56. The smallest absolute Gasteiger partial charge is 0.285 e. The van der Waals surface area contributed by atoms with Crippen LogP contribution in [0.15, 0.2) is 12.3 Å². The number of hydrogen-bond donors (Lipinski definition) is 0. The quantitative estimate of drug-likeness (QED) is 0.0593. The largest absolute Gasteiger partial charge is 0.502 e. The molecule has 0 saturated carbocycles. The second-order valence-corrected chi connectivity index (χ2v) is 10.6. The maximum atomic E-state index is 6.60. The van der Waals surface area contributed by atoms with E-state index in [9.17, 15) is 0 Å². The van der Waals surface area contributed by atoms with Crippen LogP contribution in [-0.4, -0.2) is 32.4 Å². The summed E-state index contributed by atoms with van der Waals surface area (Å²) in [4.78, 5) is 0. The van der Waals surface area contributed by atoms with Crippen LogP contribution in [0.2, 0.25) is 0 Å². The van der Waals surface area contributed by atoms with Crippen molar-refractivity contribution in [1.82, 2.24) is 0 Å². The number of hydrogen-bond acceptors (Lipinski definition) is 4. The monoisotopic (exact) mass is 512 g/mol. The third-order valence-electron chi connectivity index (χ3n) is 7.00. The Bertz CT molecular complexity index is 439. The molecule has 36 heavy (non-hydrogen) atoms. The second kappa shape index (κ2) is 26.0. The van der Waals surface area contributed by atoms with Crippen molar-refractivity contribution in [3.63, 3.8) is 0 Å². The van der Waals surface area contributed by atoms with Crippen LogP contribution in [0, 0.1) is 11.8 Å². The van der Waals surface area contributed by atoms with E-state index in [0.717, 1.165) is 70.3 Å². The van der Waals surface area contributed by atoms with Crippen molar-refractivity contribution in [3.8, 4) is 0 Å². The Morgan fingerprint density at radius 2 is 1.06 bits per heavy atom. The molecule has 216 valence electrons. The van der Waals surface area contributed by atoms with E-state index < -0.39 is 5.97 Å². The third-order valence-corrected chi connectivity index (χ3v) is 7.00. The van der Waals surface area contributed by atoms with Gasteiger partial charge in [0.25, 0.3) is 5.97 Å². The van der Waals surface area contributed by atoms with E-state index in [2.05, 4.69) is 34.6 Å². The van der Waals surface area contributed by atoms with Crippen LogP contribution >= 0.6 is 0 Å². The van der Waals surface area contributed by atoms with Crippen LogP contribution in [0.5, 0.6) is 0 Å². The van der Waals surface area contributed by atoms with Gasteiger partial charge in [-0.1, -0.05) is 111 Å². The first-order valence-corrected chi connectivity index (χ1v) is 15.7. The molecule has 0 bridgehead atoms. The lowest BCUT2D eigenvalue weighted by molar-refractivity contribution is -0.407. The fourth-order valence-corrected chi connectivity index (χ4v) is 4.56. The maximum Gasteiger partial charge on any atom is 0.285 e. The van der Waals surface area contributed by atoms with E-state index >= 15 is 0 Å². The van der Waals surface area contributed by atoms with Crippen LogP contribution in [-0.2, 0) is 18.9 Å². The first kappa shape index (κ1) is 35.4. The van der Waals surface area contributed by atoms with Crippen LogP contribution in [0.3, 0.4) is 0 Å². The molecule has 0 radical (unpaired) electrons. The van der Waals surface area contributed by atoms with Gasteiger partial charge in [0, 0.05) is 5.92 Å². The van der Waals surface area contributed by atoms with Gasteiger partial charge in [0.15, 0.2) is 0 Å². The van der Waals surface area contributed by atoms with Gasteiger partial charge in [0.05, 0.1) is 32.7 Å². The Kier molecular flexibility index (Phi) is 25.6. The highest BCUT2D eigenvalue weighted by Crippen LogP contribution is 2.36. The fraction of sp³-hybridized carbons (Fsp3) is 0.938. The van der Waals surface area contributed by atoms with Crippen molar-refractivity contribution < 1.29 is 18.9 Å². The molecule has 0 fully saturated rings. The molecule has 0 spiro atoms. The van der Waals surface area contributed by atoms with Crippen LogP contribution in [0.1, 0.15) is 151 Å². The molecule has 0 heterocycles. The first-order chi connectivity index (χ1) is 17.6. The Morgan fingerprint density at radius 3 is 1.58 bits per heavy atom.